The Labute approximate surface area is 88.4 Å². The molecule has 15 heavy (non-hydrogen) atoms. The fraction of sp³-hybridized carbons (Fsp3) is 0.600. The Kier molecular flexibility index (Phi) is 2.73. The van der Waals surface area contributed by atoms with Gasteiger partial charge in [-0.1, -0.05) is 5.16 Å². The summed E-state index contributed by atoms with van der Waals surface area (Å²) in [7, 11) is 3.45. The van der Waals surface area contributed by atoms with Gasteiger partial charge in [0.15, 0.2) is 0 Å². The first-order chi connectivity index (χ1) is 7.20. The summed E-state index contributed by atoms with van der Waals surface area (Å²) in [4.78, 5) is 13.3. The number of nitrogens with one attached hydrogen (secondary N) is 1. The van der Waals surface area contributed by atoms with Crippen molar-refractivity contribution >= 4 is 5.91 Å². The summed E-state index contributed by atoms with van der Waals surface area (Å²) in [5.41, 5.74) is 1.31. The second-order valence-electron chi connectivity index (χ2n) is 3.96. The van der Waals surface area contributed by atoms with Crippen LogP contribution < -0.4 is 5.32 Å². The molecular formula is C10H15N3O2. The summed E-state index contributed by atoms with van der Waals surface area (Å²) in [5.74, 6) is -0.0556. The molecule has 82 valence electrons. The van der Waals surface area contributed by atoms with Crippen molar-refractivity contribution in [2.45, 2.75) is 18.9 Å². The van der Waals surface area contributed by atoms with Crippen molar-refractivity contribution in [2.75, 3.05) is 20.6 Å². The molecule has 5 nitrogen and oxygen atoms in total. The third kappa shape index (κ3) is 1.87. The van der Waals surface area contributed by atoms with E-state index in [0.29, 0.717) is 5.56 Å². The summed E-state index contributed by atoms with van der Waals surface area (Å²) in [5, 5.41) is 7.22. The third-order valence-corrected chi connectivity index (χ3v) is 2.62. The molecule has 0 aromatic carbocycles. The van der Waals surface area contributed by atoms with Gasteiger partial charge in [0, 0.05) is 14.1 Å². The van der Waals surface area contributed by atoms with E-state index in [4.69, 9.17) is 4.52 Å². The normalized spacial score (nSPS) is 20.5. The van der Waals surface area contributed by atoms with Crippen LogP contribution in [0.4, 0.5) is 0 Å². The van der Waals surface area contributed by atoms with Crippen molar-refractivity contribution in [2.24, 2.45) is 0 Å². The minimum atomic E-state index is -0.0556. The molecule has 1 aromatic rings. The lowest BCUT2D eigenvalue weighted by Crippen LogP contribution is -2.24. The van der Waals surface area contributed by atoms with E-state index in [0.717, 1.165) is 25.1 Å². The molecule has 0 bridgehead atoms. The van der Waals surface area contributed by atoms with Gasteiger partial charge in [-0.2, -0.15) is 0 Å². The molecule has 1 saturated heterocycles. The van der Waals surface area contributed by atoms with E-state index < -0.39 is 0 Å². The van der Waals surface area contributed by atoms with E-state index in [-0.39, 0.29) is 11.9 Å². The number of carbonyl (C=O) groups is 1. The molecule has 1 fully saturated rings. The van der Waals surface area contributed by atoms with E-state index >= 15 is 0 Å². The van der Waals surface area contributed by atoms with Gasteiger partial charge < -0.3 is 14.7 Å². The van der Waals surface area contributed by atoms with Gasteiger partial charge >= 0.3 is 0 Å². The summed E-state index contributed by atoms with van der Waals surface area (Å²) in [6.07, 6.45) is 3.56. The summed E-state index contributed by atoms with van der Waals surface area (Å²) >= 11 is 0. The topological polar surface area (TPSA) is 58.4 Å². The minimum Gasteiger partial charge on any atom is -0.364 e. The summed E-state index contributed by atoms with van der Waals surface area (Å²) in [6.45, 7) is 0.979. The first-order valence-corrected chi connectivity index (χ1v) is 5.09. The molecule has 1 N–H and O–H groups in total. The van der Waals surface area contributed by atoms with Crippen molar-refractivity contribution in [1.29, 1.82) is 0 Å². The third-order valence-electron chi connectivity index (χ3n) is 2.62. The highest BCUT2D eigenvalue weighted by molar-refractivity contribution is 5.94. The number of hydrogen-bond donors (Lipinski definition) is 1. The Morgan fingerprint density at radius 1 is 1.67 bits per heavy atom. The monoisotopic (exact) mass is 209 g/mol. The maximum atomic E-state index is 11.8. The molecule has 5 heteroatoms. The van der Waals surface area contributed by atoms with Crippen LogP contribution in [0.25, 0.3) is 0 Å². The molecule has 1 aliphatic rings. The van der Waals surface area contributed by atoms with Crippen LogP contribution in [0.15, 0.2) is 10.8 Å². The van der Waals surface area contributed by atoms with Crippen LogP contribution in [0, 0.1) is 0 Å². The van der Waals surface area contributed by atoms with E-state index in [1.54, 1.807) is 14.1 Å². The van der Waals surface area contributed by atoms with Crippen molar-refractivity contribution < 1.29 is 9.32 Å². The molecule has 1 atom stereocenters. The Bertz CT molecular complexity index is 353. The van der Waals surface area contributed by atoms with Crippen LogP contribution in [0.3, 0.4) is 0 Å². The van der Waals surface area contributed by atoms with Crippen LogP contribution in [-0.2, 0) is 0 Å². The molecule has 0 spiro atoms. The van der Waals surface area contributed by atoms with E-state index in [1.807, 2.05) is 0 Å². The Hall–Kier alpha value is -1.36. The molecule has 1 aromatic heterocycles. The lowest BCUT2D eigenvalue weighted by Gasteiger charge is -2.12. The molecule has 2 rings (SSSR count). The fourth-order valence-electron chi connectivity index (χ4n) is 1.82. The maximum Gasteiger partial charge on any atom is 0.258 e. The molecule has 0 radical (unpaired) electrons. The average Bonchev–Trinajstić information content (AvgIpc) is 2.86. The lowest BCUT2D eigenvalue weighted by molar-refractivity contribution is 0.0825. The van der Waals surface area contributed by atoms with Gasteiger partial charge in [0.05, 0.1) is 6.04 Å². The van der Waals surface area contributed by atoms with Gasteiger partial charge in [-0.05, 0) is 19.4 Å². The fourth-order valence-corrected chi connectivity index (χ4v) is 1.82. The van der Waals surface area contributed by atoms with Gasteiger partial charge in [-0.3, -0.25) is 4.79 Å². The maximum absolute atomic E-state index is 11.8. The smallest absolute Gasteiger partial charge is 0.258 e. The Balaban J connectivity index is 2.25. The number of amides is 1. The second-order valence-corrected chi connectivity index (χ2v) is 3.96. The SMILES string of the molecule is CN(C)C(=O)c1conc1[C@H]1CCCN1. The molecule has 2 heterocycles. The van der Waals surface area contributed by atoms with Crippen LogP contribution in [0.5, 0.6) is 0 Å². The van der Waals surface area contributed by atoms with E-state index in [2.05, 4.69) is 10.5 Å². The lowest BCUT2D eigenvalue weighted by atomic mass is 10.1. The van der Waals surface area contributed by atoms with Crippen LogP contribution in [0.1, 0.15) is 34.9 Å². The predicted octanol–water partition coefficient (Wildman–Crippen LogP) is 0.801. The number of carbonyl (C=O) groups excluding carboxylic acids is 1. The zero-order chi connectivity index (χ0) is 10.8. The first kappa shape index (κ1) is 10.2. The molecule has 0 aliphatic carbocycles. The summed E-state index contributed by atoms with van der Waals surface area (Å²) < 4.78 is 4.89. The molecule has 1 aliphatic heterocycles. The Morgan fingerprint density at radius 3 is 3.07 bits per heavy atom. The second kappa shape index (κ2) is 4.02. The highest BCUT2D eigenvalue weighted by Gasteiger charge is 2.26. The van der Waals surface area contributed by atoms with Crippen molar-refractivity contribution in [1.82, 2.24) is 15.4 Å². The van der Waals surface area contributed by atoms with E-state index in [1.165, 1.54) is 11.2 Å². The highest BCUT2D eigenvalue weighted by atomic mass is 16.5. The number of hydrogen-bond acceptors (Lipinski definition) is 4. The number of nitrogens with zero attached hydrogens (tertiary/aromatic N) is 2. The minimum absolute atomic E-state index is 0.0556. The summed E-state index contributed by atoms with van der Waals surface area (Å²) in [6, 6.07) is 0.169. The van der Waals surface area contributed by atoms with Gasteiger partial charge in [-0.15, -0.1) is 0 Å². The first-order valence-electron chi connectivity index (χ1n) is 5.09. The number of aromatic nitrogens is 1. The van der Waals surface area contributed by atoms with Crippen molar-refractivity contribution in [3.8, 4) is 0 Å². The molecule has 1 amide bonds. The molecular weight excluding hydrogens is 194 g/mol. The van der Waals surface area contributed by atoms with E-state index in [9.17, 15) is 4.79 Å². The van der Waals surface area contributed by atoms with Crippen LogP contribution in [0.2, 0.25) is 0 Å². The Morgan fingerprint density at radius 2 is 2.47 bits per heavy atom. The van der Waals surface area contributed by atoms with Crippen LogP contribution >= 0.6 is 0 Å². The number of rotatable bonds is 2. The van der Waals surface area contributed by atoms with Crippen molar-refractivity contribution in [3.63, 3.8) is 0 Å². The quantitative estimate of drug-likeness (QED) is 0.782. The van der Waals surface area contributed by atoms with Gasteiger partial charge in [0.25, 0.3) is 5.91 Å². The standard InChI is InChI=1S/C10H15N3O2/c1-13(2)10(14)7-6-15-12-9(7)8-4-3-5-11-8/h6,8,11H,3-5H2,1-2H3/t8-/m1/s1. The highest BCUT2D eigenvalue weighted by Crippen LogP contribution is 2.25. The molecule has 0 saturated carbocycles. The van der Waals surface area contributed by atoms with Gasteiger partial charge in [0.2, 0.25) is 0 Å². The van der Waals surface area contributed by atoms with Crippen LogP contribution in [-0.4, -0.2) is 36.6 Å². The van der Waals surface area contributed by atoms with Crippen molar-refractivity contribution in [3.05, 3.63) is 17.5 Å². The zero-order valence-electron chi connectivity index (χ0n) is 8.99. The zero-order valence-corrected chi connectivity index (χ0v) is 8.99. The predicted molar refractivity (Wildman–Crippen MR) is 54.5 cm³/mol. The van der Waals surface area contributed by atoms with Gasteiger partial charge in [-0.25, -0.2) is 0 Å². The average molecular weight is 209 g/mol. The van der Waals surface area contributed by atoms with Gasteiger partial charge in [0.1, 0.15) is 17.5 Å². The largest absolute Gasteiger partial charge is 0.364 e. The molecule has 0 unspecified atom stereocenters.